The number of rotatable bonds is 3. The molecule has 0 N–H and O–H groups in total. The van der Waals surface area contributed by atoms with Crippen molar-refractivity contribution in [2.24, 2.45) is 0 Å². The summed E-state index contributed by atoms with van der Waals surface area (Å²) < 4.78 is 19.6. The molecular weight excluding hydrogens is 411 g/mol. The molecule has 0 atom stereocenters. The van der Waals surface area contributed by atoms with Gasteiger partial charge in [0.25, 0.3) is 0 Å². The molecular formula is C22H12BrFO3. The summed E-state index contributed by atoms with van der Waals surface area (Å²) in [5.74, 6) is -0.835. The number of fused-ring (bicyclic) bond motifs is 1. The summed E-state index contributed by atoms with van der Waals surface area (Å²) >= 11 is 3.35. The topological polar surface area (TPSA) is 47.3 Å². The van der Waals surface area contributed by atoms with Crippen LogP contribution in [0.2, 0.25) is 0 Å². The number of hydrogen-bond acceptors (Lipinski definition) is 3. The van der Waals surface area contributed by atoms with Gasteiger partial charge in [-0.2, -0.15) is 0 Å². The van der Waals surface area contributed by atoms with Gasteiger partial charge in [0.05, 0.1) is 0 Å². The van der Waals surface area contributed by atoms with E-state index < -0.39 is 17.2 Å². The third-order valence-electron chi connectivity index (χ3n) is 4.27. The van der Waals surface area contributed by atoms with Gasteiger partial charge >= 0.3 is 5.63 Å². The van der Waals surface area contributed by atoms with Crippen LogP contribution in [0.1, 0.15) is 15.9 Å². The number of carbonyl (C=O) groups is 1. The van der Waals surface area contributed by atoms with Crippen molar-refractivity contribution < 1.29 is 13.6 Å². The highest BCUT2D eigenvalue weighted by Crippen LogP contribution is 2.33. The molecule has 1 aromatic heterocycles. The van der Waals surface area contributed by atoms with Gasteiger partial charge < -0.3 is 4.42 Å². The van der Waals surface area contributed by atoms with Gasteiger partial charge in [-0.25, -0.2) is 9.18 Å². The molecule has 0 unspecified atom stereocenters. The summed E-state index contributed by atoms with van der Waals surface area (Å²) in [7, 11) is 0. The maximum Gasteiger partial charge on any atom is 0.348 e. The summed E-state index contributed by atoms with van der Waals surface area (Å²) in [6.07, 6.45) is 0. The first-order valence-corrected chi connectivity index (χ1v) is 8.96. The van der Waals surface area contributed by atoms with Crippen molar-refractivity contribution in [1.29, 1.82) is 0 Å². The average Bonchev–Trinajstić information content (AvgIpc) is 2.68. The fourth-order valence-electron chi connectivity index (χ4n) is 3.03. The van der Waals surface area contributed by atoms with E-state index in [4.69, 9.17) is 4.42 Å². The molecule has 3 aromatic carbocycles. The van der Waals surface area contributed by atoms with Crippen molar-refractivity contribution in [1.82, 2.24) is 0 Å². The number of ketones is 1. The lowest BCUT2D eigenvalue weighted by molar-refractivity contribution is 0.103. The van der Waals surface area contributed by atoms with Crippen LogP contribution in [0.15, 0.2) is 86.5 Å². The van der Waals surface area contributed by atoms with E-state index >= 15 is 0 Å². The van der Waals surface area contributed by atoms with E-state index in [1.807, 2.05) is 0 Å². The maximum absolute atomic E-state index is 13.4. The molecule has 1 heterocycles. The second kappa shape index (κ2) is 6.93. The fourth-order valence-corrected chi connectivity index (χ4v) is 3.37. The van der Waals surface area contributed by atoms with E-state index in [1.165, 1.54) is 12.1 Å². The van der Waals surface area contributed by atoms with Gasteiger partial charge in [0.1, 0.15) is 17.0 Å². The van der Waals surface area contributed by atoms with Gasteiger partial charge in [0, 0.05) is 21.0 Å². The molecule has 5 heteroatoms. The highest BCUT2D eigenvalue weighted by atomic mass is 79.9. The predicted octanol–water partition coefficient (Wildman–Crippen LogP) is 5.59. The van der Waals surface area contributed by atoms with Crippen LogP contribution in [0.5, 0.6) is 0 Å². The van der Waals surface area contributed by atoms with Crippen molar-refractivity contribution in [3.8, 4) is 11.1 Å². The molecule has 0 aliphatic rings. The van der Waals surface area contributed by atoms with Crippen molar-refractivity contribution in [2.75, 3.05) is 0 Å². The molecule has 0 fully saturated rings. The summed E-state index contributed by atoms with van der Waals surface area (Å²) in [5, 5.41) is 0.601. The van der Waals surface area contributed by atoms with Gasteiger partial charge in [-0.15, -0.1) is 0 Å². The molecule has 0 radical (unpaired) electrons. The van der Waals surface area contributed by atoms with Gasteiger partial charge in [0.15, 0.2) is 0 Å². The first kappa shape index (κ1) is 17.4. The SMILES string of the molecule is O=C(c1ccccc1)c1c(-c2ccc(F)cc2)c2ccc(Br)cc2oc1=O. The molecule has 0 bridgehead atoms. The van der Waals surface area contributed by atoms with Crippen molar-refractivity contribution in [3.05, 3.63) is 105 Å². The zero-order chi connectivity index (χ0) is 19.0. The molecule has 0 saturated carbocycles. The molecule has 0 spiro atoms. The second-order valence-corrected chi connectivity index (χ2v) is 6.90. The third-order valence-corrected chi connectivity index (χ3v) is 4.76. The normalized spacial score (nSPS) is 10.9. The number of carbonyl (C=O) groups excluding carboxylic acids is 1. The van der Waals surface area contributed by atoms with E-state index in [9.17, 15) is 14.0 Å². The van der Waals surface area contributed by atoms with Gasteiger partial charge in [-0.1, -0.05) is 58.4 Å². The van der Waals surface area contributed by atoms with E-state index in [0.717, 1.165) is 4.47 Å². The Morgan fingerprint density at radius 3 is 2.33 bits per heavy atom. The Morgan fingerprint density at radius 1 is 0.926 bits per heavy atom. The third kappa shape index (κ3) is 3.22. The monoisotopic (exact) mass is 422 g/mol. The standard InChI is InChI=1S/C22H12BrFO3/c23-15-8-11-17-18(12-15)27-22(26)20(21(25)14-4-2-1-3-5-14)19(17)13-6-9-16(24)10-7-13/h1-12H. The largest absolute Gasteiger partial charge is 0.422 e. The van der Waals surface area contributed by atoms with Crippen LogP contribution < -0.4 is 5.63 Å². The van der Waals surface area contributed by atoms with Gasteiger partial charge in [-0.3, -0.25) is 4.79 Å². The van der Waals surface area contributed by atoms with Crippen molar-refractivity contribution in [2.45, 2.75) is 0 Å². The molecule has 4 rings (SSSR count). The minimum atomic E-state index is -0.728. The van der Waals surface area contributed by atoms with Crippen LogP contribution >= 0.6 is 15.9 Å². The second-order valence-electron chi connectivity index (χ2n) is 5.98. The van der Waals surface area contributed by atoms with Crippen LogP contribution in [0, 0.1) is 5.82 Å². The first-order valence-electron chi connectivity index (χ1n) is 8.16. The molecule has 0 saturated heterocycles. The van der Waals surface area contributed by atoms with E-state index in [1.54, 1.807) is 60.7 Å². The number of benzene rings is 3. The fraction of sp³-hybridized carbons (Fsp3) is 0. The van der Waals surface area contributed by atoms with Crippen molar-refractivity contribution in [3.63, 3.8) is 0 Å². The maximum atomic E-state index is 13.4. The molecule has 0 aliphatic carbocycles. The molecule has 0 amide bonds. The Kier molecular flexibility index (Phi) is 4.46. The lowest BCUT2D eigenvalue weighted by Crippen LogP contribution is -2.17. The lowest BCUT2D eigenvalue weighted by atomic mass is 9.92. The first-order chi connectivity index (χ1) is 13.0. The van der Waals surface area contributed by atoms with Gasteiger partial charge in [-0.05, 0) is 35.9 Å². The highest BCUT2D eigenvalue weighted by molar-refractivity contribution is 9.10. The summed E-state index contributed by atoms with van der Waals surface area (Å²) in [5.41, 5.74) is 0.929. The zero-order valence-corrected chi connectivity index (χ0v) is 15.5. The van der Waals surface area contributed by atoms with Gasteiger partial charge in [0.2, 0.25) is 5.78 Å². The Labute approximate surface area is 162 Å². The smallest absolute Gasteiger partial charge is 0.348 e. The summed E-state index contributed by atoms with van der Waals surface area (Å²) in [6.45, 7) is 0. The molecule has 132 valence electrons. The molecule has 0 aliphatic heterocycles. The Balaban J connectivity index is 2.08. The van der Waals surface area contributed by atoms with Crippen LogP contribution in [-0.2, 0) is 0 Å². The van der Waals surface area contributed by atoms with E-state index in [2.05, 4.69) is 15.9 Å². The van der Waals surface area contributed by atoms with Crippen LogP contribution in [-0.4, -0.2) is 5.78 Å². The lowest BCUT2D eigenvalue weighted by Gasteiger charge is -2.12. The quantitative estimate of drug-likeness (QED) is 0.319. The number of hydrogen-bond donors (Lipinski definition) is 0. The van der Waals surface area contributed by atoms with Crippen molar-refractivity contribution >= 4 is 32.7 Å². The summed E-state index contributed by atoms with van der Waals surface area (Å²) in [4.78, 5) is 25.8. The predicted molar refractivity (Wildman–Crippen MR) is 105 cm³/mol. The van der Waals surface area contributed by atoms with Crippen LogP contribution in [0.3, 0.4) is 0 Å². The molecule has 4 aromatic rings. The minimum absolute atomic E-state index is 0.0670. The molecule has 3 nitrogen and oxygen atoms in total. The van der Waals surface area contributed by atoms with E-state index in [0.29, 0.717) is 27.7 Å². The number of halogens is 2. The molecule has 27 heavy (non-hydrogen) atoms. The Hall–Kier alpha value is -3.05. The Morgan fingerprint density at radius 2 is 1.63 bits per heavy atom. The van der Waals surface area contributed by atoms with Crippen LogP contribution in [0.4, 0.5) is 4.39 Å². The highest BCUT2D eigenvalue weighted by Gasteiger charge is 2.23. The zero-order valence-electron chi connectivity index (χ0n) is 13.9. The minimum Gasteiger partial charge on any atom is -0.422 e. The Bertz CT molecular complexity index is 1210. The summed E-state index contributed by atoms with van der Waals surface area (Å²) in [6, 6.07) is 19.4. The average molecular weight is 423 g/mol. The van der Waals surface area contributed by atoms with E-state index in [-0.39, 0.29) is 5.56 Å². The van der Waals surface area contributed by atoms with Crippen LogP contribution in [0.25, 0.3) is 22.1 Å².